The van der Waals surface area contributed by atoms with E-state index in [1.807, 2.05) is 22.8 Å². The van der Waals surface area contributed by atoms with Crippen LogP contribution < -0.4 is 0 Å². The number of carbonyl (C=O) groups is 1. The molecule has 1 aliphatic rings. The minimum Gasteiger partial charge on any atom is -0.329 e. The van der Waals surface area contributed by atoms with Crippen molar-refractivity contribution in [3.05, 3.63) is 65.6 Å². The van der Waals surface area contributed by atoms with Crippen LogP contribution in [0.1, 0.15) is 16.2 Å². The van der Waals surface area contributed by atoms with Crippen LogP contribution >= 0.6 is 0 Å². The Morgan fingerprint density at radius 2 is 1.96 bits per heavy atom. The summed E-state index contributed by atoms with van der Waals surface area (Å²) in [6.45, 7) is 1.05. The standard InChI is InChI=1S/C17H13F2N5O/c18-11-4-5-12(13(19)9-11)17(25)23-7-8-24-15(10-23)21-22-16(24)14-3-1-2-6-20-14/h1-6,9H,7-8,10H2. The molecule has 6 nitrogen and oxygen atoms in total. The molecule has 4 rings (SSSR count). The third-order valence-corrected chi connectivity index (χ3v) is 4.10. The van der Waals surface area contributed by atoms with Gasteiger partial charge in [0.05, 0.1) is 12.1 Å². The molecule has 1 aliphatic heterocycles. The Morgan fingerprint density at radius 1 is 1.08 bits per heavy atom. The topological polar surface area (TPSA) is 63.9 Å². The first-order chi connectivity index (χ1) is 12.1. The maximum absolute atomic E-state index is 13.8. The van der Waals surface area contributed by atoms with E-state index >= 15 is 0 Å². The molecule has 0 bridgehead atoms. The Kier molecular flexibility index (Phi) is 3.72. The van der Waals surface area contributed by atoms with E-state index in [1.165, 1.54) is 4.90 Å². The van der Waals surface area contributed by atoms with Gasteiger partial charge < -0.3 is 9.47 Å². The van der Waals surface area contributed by atoms with Crippen molar-refractivity contribution in [1.82, 2.24) is 24.6 Å². The van der Waals surface area contributed by atoms with Crippen molar-refractivity contribution >= 4 is 5.91 Å². The number of aromatic nitrogens is 4. The van der Waals surface area contributed by atoms with Crippen molar-refractivity contribution in [3.8, 4) is 11.5 Å². The summed E-state index contributed by atoms with van der Waals surface area (Å²) in [5.41, 5.74) is 0.546. The Balaban J connectivity index is 1.60. The predicted molar refractivity (Wildman–Crippen MR) is 84.4 cm³/mol. The van der Waals surface area contributed by atoms with Gasteiger partial charge in [-0.1, -0.05) is 6.07 Å². The molecule has 1 amide bonds. The molecular formula is C17H13F2N5O. The van der Waals surface area contributed by atoms with E-state index in [2.05, 4.69) is 15.2 Å². The van der Waals surface area contributed by atoms with Crippen LogP contribution in [0.15, 0.2) is 42.6 Å². The Hall–Kier alpha value is -3.16. The Bertz CT molecular complexity index is 941. The lowest BCUT2D eigenvalue weighted by Gasteiger charge is -2.28. The fourth-order valence-electron chi connectivity index (χ4n) is 2.85. The molecule has 0 saturated carbocycles. The summed E-state index contributed by atoms with van der Waals surface area (Å²) < 4.78 is 28.8. The van der Waals surface area contributed by atoms with Gasteiger partial charge in [0.15, 0.2) is 11.6 Å². The maximum Gasteiger partial charge on any atom is 0.257 e. The second-order valence-corrected chi connectivity index (χ2v) is 5.66. The highest BCUT2D eigenvalue weighted by Gasteiger charge is 2.27. The zero-order chi connectivity index (χ0) is 17.4. The van der Waals surface area contributed by atoms with Gasteiger partial charge in [-0.3, -0.25) is 9.78 Å². The van der Waals surface area contributed by atoms with E-state index in [-0.39, 0.29) is 12.1 Å². The van der Waals surface area contributed by atoms with Crippen LogP contribution in [0.5, 0.6) is 0 Å². The monoisotopic (exact) mass is 341 g/mol. The number of halogens is 2. The van der Waals surface area contributed by atoms with E-state index in [9.17, 15) is 13.6 Å². The first-order valence-electron chi connectivity index (χ1n) is 7.71. The summed E-state index contributed by atoms with van der Waals surface area (Å²) in [5.74, 6) is -0.844. The molecule has 1 aromatic carbocycles. The molecule has 0 radical (unpaired) electrons. The van der Waals surface area contributed by atoms with E-state index in [0.717, 1.165) is 12.1 Å². The number of pyridine rings is 1. The summed E-state index contributed by atoms with van der Waals surface area (Å²) in [6.07, 6.45) is 1.67. The summed E-state index contributed by atoms with van der Waals surface area (Å²) in [7, 11) is 0. The van der Waals surface area contributed by atoms with Gasteiger partial charge in [0.1, 0.15) is 17.3 Å². The molecule has 8 heteroatoms. The molecule has 3 heterocycles. The number of benzene rings is 1. The molecule has 3 aromatic rings. The highest BCUT2D eigenvalue weighted by Crippen LogP contribution is 2.21. The van der Waals surface area contributed by atoms with Crippen molar-refractivity contribution in [2.24, 2.45) is 0 Å². The van der Waals surface area contributed by atoms with Crippen molar-refractivity contribution in [3.63, 3.8) is 0 Å². The summed E-state index contributed by atoms with van der Waals surface area (Å²) in [5, 5.41) is 8.27. The molecule has 0 aliphatic carbocycles. The molecular weight excluding hydrogens is 328 g/mol. The van der Waals surface area contributed by atoms with Crippen LogP contribution in [-0.2, 0) is 13.1 Å². The number of hydrogen-bond acceptors (Lipinski definition) is 4. The predicted octanol–water partition coefficient (Wildman–Crippen LogP) is 2.27. The molecule has 25 heavy (non-hydrogen) atoms. The van der Waals surface area contributed by atoms with Crippen molar-refractivity contribution < 1.29 is 13.6 Å². The number of fused-ring (bicyclic) bond motifs is 1. The van der Waals surface area contributed by atoms with Crippen LogP contribution in [0.4, 0.5) is 8.78 Å². The second kappa shape index (κ2) is 6.04. The average molecular weight is 341 g/mol. The van der Waals surface area contributed by atoms with Crippen molar-refractivity contribution in [1.29, 1.82) is 0 Å². The SMILES string of the molecule is O=C(c1ccc(F)cc1F)N1CCn2c(nnc2-c2ccccn2)C1. The van der Waals surface area contributed by atoms with E-state index in [0.29, 0.717) is 36.5 Å². The minimum absolute atomic E-state index is 0.153. The van der Waals surface area contributed by atoms with Crippen molar-refractivity contribution in [2.75, 3.05) is 6.54 Å². The van der Waals surface area contributed by atoms with Crippen LogP contribution in [0, 0.1) is 11.6 Å². The van der Waals surface area contributed by atoms with E-state index in [4.69, 9.17) is 0 Å². The summed E-state index contributed by atoms with van der Waals surface area (Å²) in [6, 6.07) is 8.45. The fraction of sp³-hybridized carbons (Fsp3) is 0.176. The molecule has 0 spiro atoms. The van der Waals surface area contributed by atoms with Gasteiger partial charge in [-0.2, -0.15) is 0 Å². The molecule has 126 valence electrons. The van der Waals surface area contributed by atoms with Gasteiger partial charge in [-0.15, -0.1) is 10.2 Å². The highest BCUT2D eigenvalue weighted by molar-refractivity contribution is 5.94. The number of nitrogens with zero attached hydrogens (tertiary/aromatic N) is 5. The zero-order valence-electron chi connectivity index (χ0n) is 13.1. The van der Waals surface area contributed by atoms with Crippen LogP contribution in [0.25, 0.3) is 11.5 Å². The third kappa shape index (κ3) is 2.75. The number of amides is 1. The zero-order valence-corrected chi connectivity index (χ0v) is 13.1. The quantitative estimate of drug-likeness (QED) is 0.717. The summed E-state index contributed by atoms with van der Waals surface area (Å²) in [4.78, 5) is 18.2. The lowest BCUT2D eigenvalue weighted by atomic mass is 10.1. The first kappa shape index (κ1) is 15.4. The average Bonchev–Trinajstić information content (AvgIpc) is 3.05. The third-order valence-electron chi connectivity index (χ3n) is 4.10. The molecule has 0 N–H and O–H groups in total. The van der Waals surface area contributed by atoms with Gasteiger partial charge in [-0.05, 0) is 24.3 Å². The van der Waals surface area contributed by atoms with E-state index < -0.39 is 17.5 Å². The van der Waals surface area contributed by atoms with Gasteiger partial charge in [0.25, 0.3) is 5.91 Å². The largest absolute Gasteiger partial charge is 0.329 e. The first-order valence-corrected chi connectivity index (χ1v) is 7.71. The lowest BCUT2D eigenvalue weighted by Crippen LogP contribution is -2.39. The smallest absolute Gasteiger partial charge is 0.257 e. The minimum atomic E-state index is -0.869. The number of hydrogen-bond donors (Lipinski definition) is 0. The van der Waals surface area contributed by atoms with Gasteiger partial charge in [-0.25, -0.2) is 8.78 Å². The Labute approximate surface area is 141 Å². The molecule has 0 unspecified atom stereocenters. The Morgan fingerprint density at radius 3 is 2.72 bits per heavy atom. The van der Waals surface area contributed by atoms with Crippen LogP contribution in [-0.4, -0.2) is 37.1 Å². The second-order valence-electron chi connectivity index (χ2n) is 5.66. The maximum atomic E-state index is 13.8. The van der Waals surface area contributed by atoms with Gasteiger partial charge in [0, 0.05) is 25.4 Å². The van der Waals surface area contributed by atoms with Gasteiger partial charge in [0.2, 0.25) is 0 Å². The van der Waals surface area contributed by atoms with Crippen LogP contribution in [0.2, 0.25) is 0 Å². The molecule has 0 atom stereocenters. The molecule has 0 saturated heterocycles. The van der Waals surface area contributed by atoms with E-state index in [1.54, 1.807) is 6.20 Å². The number of rotatable bonds is 2. The van der Waals surface area contributed by atoms with Crippen molar-refractivity contribution in [2.45, 2.75) is 13.1 Å². The normalized spacial score (nSPS) is 13.6. The van der Waals surface area contributed by atoms with Crippen LogP contribution in [0.3, 0.4) is 0 Å². The fourth-order valence-corrected chi connectivity index (χ4v) is 2.85. The number of carbonyl (C=O) groups excluding carboxylic acids is 1. The van der Waals surface area contributed by atoms with Gasteiger partial charge >= 0.3 is 0 Å². The summed E-state index contributed by atoms with van der Waals surface area (Å²) >= 11 is 0. The highest BCUT2D eigenvalue weighted by atomic mass is 19.1. The molecule has 2 aromatic heterocycles. The lowest BCUT2D eigenvalue weighted by molar-refractivity contribution is 0.0703. The molecule has 0 fully saturated rings.